The Morgan fingerprint density at radius 2 is 1.83 bits per heavy atom. The Morgan fingerprint density at radius 1 is 1.22 bits per heavy atom. The second kappa shape index (κ2) is 5.82. The van der Waals surface area contributed by atoms with Crippen LogP contribution < -0.4 is 5.73 Å². The van der Waals surface area contributed by atoms with Gasteiger partial charge in [0.05, 0.1) is 12.2 Å². The average molecular weight is 251 g/mol. The van der Waals surface area contributed by atoms with Gasteiger partial charge in [0.15, 0.2) is 0 Å². The highest BCUT2D eigenvalue weighted by Crippen LogP contribution is 2.21. The van der Waals surface area contributed by atoms with E-state index in [1.54, 1.807) is 0 Å². The normalized spacial score (nSPS) is 20.5. The van der Waals surface area contributed by atoms with Crippen molar-refractivity contribution in [3.8, 4) is 0 Å². The molecule has 2 rings (SSSR count). The van der Waals surface area contributed by atoms with Crippen molar-refractivity contribution in [3.05, 3.63) is 18.0 Å². The molecule has 0 bridgehead atoms. The van der Waals surface area contributed by atoms with E-state index in [9.17, 15) is 0 Å². The van der Waals surface area contributed by atoms with Gasteiger partial charge in [0.25, 0.3) is 0 Å². The van der Waals surface area contributed by atoms with Crippen molar-refractivity contribution in [2.45, 2.75) is 25.9 Å². The molecule has 18 heavy (non-hydrogen) atoms. The standard InChI is InChI=1S/C13H25N5/c1-11(2)17-4-6-18(7-5-17)13(8-14)12-9-15-16(3)10-12/h9-11,13H,4-8,14H2,1-3H3. The summed E-state index contributed by atoms with van der Waals surface area (Å²) in [5, 5.41) is 4.25. The maximum Gasteiger partial charge on any atom is 0.0538 e. The average Bonchev–Trinajstić information content (AvgIpc) is 2.77. The fraction of sp³-hybridized carbons (Fsp3) is 0.769. The molecular formula is C13H25N5. The zero-order valence-electron chi connectivity index (χ0n) is 11.7. The SMILES string of the molecule is CC(C)N1CCN(C(CN)c2cnn(C)c2)CC1. The first-order valence-electron chi connectivity index (χ1n) is 6.78. The topological polar surface area (TPSA) is 50.3 Å². The van der Waals surface area contributed by atoms with E-state index in [0.717, 1.165) is 26.2 Å². The summed E-state index contributed by atoms with van der Waals surface area (Å²) in [6, 6.07) is 0.954. The molecule has 1 unspecified atom stereocenters. The van der Waals surface area contributed by atoms with Crippen LogP contribution in [-0.2, 0) is 7.05 Å². The zero-order valence-corrected chi connectivity index (χ0v) is 11.7. The van der Waals surface area contributed by atoms with Crippen LogP contribution in [0.15, 0.2) is 12.4 Å². The van der Waals surface area contributed by atoms with Gasteiger partial charge in [-0.05, 0) is 13.8 Å². The molecule has 1 aliphatic heterocycles. The van der Waals surface area contributed by atoms with Gasteiger partial charge in [-0.25, -0.2) is 0 Å². The fourth-order valence-electron chi connectivity index (χ4n) is 2.67. The summed E-state index contributed by atoms with van der Waals surface area (Å²) >= 11 is 0. The summed E-state index contributed by atoms with van der Waals surface area (Å²) in [5.74, 6) is 0. The van der Waals surface area contributed by atoms with Crippen molar-refractivity contribution in [1.29, 1.82) is 0 Å². The number of nitrogens with zero attached hydrogens (tertiary/aromatic N) is 4. The van der Waals surface area contributed by atoms with Gasteiger partial charge in [0, 0.05) is 57.6 Å². The summed E-state index contributed by atoms with van der Waals surface area (Å²) < 4.78 is 1.85. The largest absolute Gasteiger partial charge is 0.329 e. The van der Waals surface area contributed by atoms with Crippen LogP contribution in [-0.4, -0.2) is 58.3 Å². The van der Waals surface area contributed by atoms with Gasteiger partial charge in [-0.2, -0.15) is 5.10 Å². The Hall–Kier alpha value is -0.910. The number of nitrogens with two attached hydrogens (primary N) is 1. The van der Waals surface area contributed by atoms with Crippen LogP contribution in [0.5, 0.6) is 0 Å². The Bertz CT molecular complexity index is 365. The lowest BCUT2D eigenvalue weighted by molar-refractivity contribution is 0.0802. The first kappa shape index (κ1) is 13.5. The number of hydrogen-bond donors (Lipinski definition) is 1. The third kappa shape index (κ3) is 2.91. The lowest BCUT2D eigenvalue weighted by atomic mass is 10.1. The first-order chi connectivity index (χ1) is 8.61. The van der Waals surface area contributed by atoms with Crippen molar-refractivity contribution in [3.63, 3.8) is 0 Å². The highest BCUT2D eigenvalue weighted by Gasteiger charge is 2.25. The number of piperazine rings is 1. The van der Waals surface area contributed by atoms with Crippen LogP contribution >= 0.6 is 0 Å². The summed E-state index contributed by atoms with van der Waals surface area (Å²) in [7, 11) is 1.95. The van der Waals surface area contributed by atoms with E-state index in [2.05, 4.69) is 34.9 Å². The van der Waals surface area contributed by atoms with E-state index in [0.29, 0.717) is 18.6 Å². The Morgan fingerprint density at radius 3 is 2.28 bits per heavy atom. The van der Waals surface area contributed by atoms with E-state index in [-0.39, 0.29) is 0 Å². The molecule has 5 heteroatoms. The summed E-state index contributed by atoms with van der Waals surface area (Å²) in [4.78, 5) is 5.00. The lowest BCUT2D eigenvalue weighted by Gasteiger charge is -2.40. The minimum absolute atomic E-state index is 0.313. The van der Waals surface area contributed by atoms with Gasteiger partial charge in [-0.1, -0.05) is 0 Å². The van der Waals surface area contributed by atoms with Crippen LogP contribution in [0, 0.1) is 0 Å². The van der Waals surface area contributed by atoms with Gasteiger partial charge < -0.3 is 5.73 Å². The molecule has 102 valence electrons. The molecule has 1 atom stereocenters. The molecule has 1 aliphatic rings. The van der Waals surface area contributed by atoms with Gasteiger partial charge in [-0.3, -0.25) is 14.5 Å². The number of aryl methyl sites for hydroxylation is 1. The Kier molecular flexibility index (Phi) is 4.37. The van der Waals surface area contributed by atoms with E-state index in [4.69, 9.17) is 5.73 Å². The van der Waals surface area contributed by atoms with Crippen molar-refractivity contribution in [1.82, 2.24) is 19.6 Å². The van der Waals surface area contributed by atoms with Crippen molar-refractivity contribution >= 4 is 0 Å². The Balaban J connectivity index is 1.98. The molecule has 5 nitrogen and oxygen atoms in total. The predicted octanol–water partition coefficient (Wildman–Crippen LogP) is 0.446. The van der Waals surface area contributed by atoms with E-state index < -0.39 is 0 Å². The number of rotatable bonds is 4. The predicted molar refractivity (Wildman–Crippen MR) is 73.3 cm³/mol. The van der Waals surface area contributed by atoms with Crippen molar-refractivity contribution in [2.75, 3.05) is 32.7 Å². The minimum atomic E-state index is 0.313. The summed E-state index contributed by atoms with van der Waals surface area (Å²) in [5.41, 5.74) is 7.18. The van der Waals surface area contributed by atoms with Gasteiger partial charge in [-0.15, -0.1) is 0 Å². The fourth-order valence-corrected chi connectivity index (χ4v) is 2.67. The lowest BCUT2D eigenvalue weighted by Crippen LogP contribution is -2.50. The molecule has 0 radical (unpaired) electrons. The molecule has 1 saturated heterocycles. The molecular weight excluding hydrogens is 226 g/mol. The maximum absolute atomic E-state index is 5.95. The molecule has 0 saturated carbocycles. The third-order valence-corrected chi connectivity index (χ3v) is 3.85. The molecule has 0 aliphatic carbocycles. The first-order valence-corrected chi connectivity index (χ1v) is 6.78. The maximum atomic E-state index is 5.95. The van der Waals surface area contributed by atoms with Crippen molar-refractivity contribution < 1.29 is 0 Å². The van der Waals surface area contributed by atoms with Crippen LogP contribution in [0.1, 0.15) is 25.5 Å². The van der Waals surface area contributed by atoms with Crippen LogP contribution in [0.3, 0.4) is 0 Å². The second-order valence-corrected chi connectivity index (χ2v) is 5.36. The zero-order chi connectivity index (χ0) is 13.1. The number of hydrogen-bond acceptors (Lipinski definition) is 4. The monoisotopic (exact) mass is 251 g/mol. The highest BCUT2D eigenvalue weighted by molar-refractivity contribution is 5.11. The summed E-state index contributed by atoms with van der Waals surface area (Å²) in [6.07, 6.45) is 4.01. The molecule has 1 fully saturated rings. The minimum Gasteiger partial charge on any atom is -0.329 e. The molecule has 0 spiro atoms. The Labute approximate surface area is 110 Å². The summed E-state index contributed by atoms with van der Waals surface area (Å²) in [6.45, 7) is 9.63. The second-order valence-electron chi connectivity index (χ2n) is 5.36. The molecule has 0 amide bonds. The van der Waals surface area contributed by atoms with Crippen molar-refractivity contribution in [2.24, 2.45) is 12.8 Å². The quantitative estimate of drug-likeness (QED) is 0.844. The van der Waals surface area contributed by atoms with Gasteiger partial charge in [0.2, 0.25) is 0 Å². The van der Waals surface area contributed by atoms with Crippen LogP contribution in [0.2, 0.25) is 0 Å². The van der Waals surface area contributed by atoms with E-state index >= 15 is 0 Å². The molecule has 0 aromatic carbocycles. The molecule has 2 N–H and O–H groups in total. The van der Waals surface area contributed by atoms with Crippen LogP contribution in [0.25, 0.3) is 0 Å². The number of aromatic nitrogens is 2. The third-order valence-electron chi connectivity index (χ3n) is 3.85. The molecule has 1 aromatic heterocycles. The van der Waals surface area contributed by atoms with Crippen LogP contribution in [0.4, 0.5) is 0 Å². The van der Waals surface area contributed by atoms with Gasteiger partial charge in [0.1, 0.15) is 0 Å². The molecule has 1 aromatic rings. The molecule has 2 heterocycles. The smallest absolute Gasteiger partial charge is 0.0538 e. The highest BCUT2D eigenvalue weighted by atomic mass is 15.3. The van der Waals surface area contributed by atoms with E-state index in [1.165, 1.54) is 5.56 Å². The van der Waals surface area contributed by atoms with Gasteiger partial charge >= 0.3 is 0 Å². The van der Waals surface area contributed by atoms with E-state index in [1.807, 2.05) is 17.9 Å².